The molecule has 254 valence electrons. The van der Waals surface area contributed by atoms with Crippen molar-refractivity contribution < 1.29 is 38.4 Å². The number of likely N-dealkylation sites (tertiary alicyclic amines) is 1. The molecule has 0 spiro atoms. The Labute approximate surface area is 267 Å². The summed E-state index contributed by atoms with van der Waals surface area (Å²) >= 11 is 1.08. The average molecular weight is 657 g/mol. The van der Waals surface area contributed by atoms with Crippen LogP contribution in [0.1, 0.15) is 78.1 Å². The number of nitrogens with zero attached hydrogens (tertiary/aromatic N) is 1. The lowest BCUT2D eigenvalue weighted by Crippen LogP contribution is -2.52. The molecule has 0 aromatic heterocycles. The van der Waals surface area contributed by atoms with E-state index >= 15 is 0 Å². The van der Waals surface area contributed by atoms with Crippen molar-refractivity contribution in [3.8, 4) is 0 Å². The summed E-state index contributed by atoms with van der Waals surface area (Å²) in [6, 6.07) is -2.77. The van der Waals surface area contributed by atoms with Crippen molar-refractivity contribution in [2.24, 2.45) is 17.2 Å². The molecular weight excluding hydrogens is 608 g/mol. The third-order valence-electron chi connectivity index (χ3n) is 7.04. The third-order valence-corrected chi connectivity index (χ3v) is 8.37. The van der Waals surface area contributed by atoms with Gasteiger partial charge in [-0.2, -0.15) is 0 Å². The Bertz CT molecular complexity index is 1080. The van der Waals surface area contributed by atoms with Crippen LogP contribution in [0.5, 0.6) is 0 Å². The Morgan fingerprint density at radius 1 is 0.822 bits per heavy atom. The van der Waals surface area contributed by atoms with Crippen LogP contribution < -0.4 is 38.5 Å². The van der Waals surface area contributed by atoms with Gasteiger partial charge >= 0.3 is 0 Å². The molecule has 1 rings (SSSR count). The minimum atomic E-state index is -0.978. The van der Waals surface area contributed by atoms with Gasteiger partial charge in [0.15, 0.2) is 0 Å². The van der Waals surface area contributed by atoms with E-state index in [1.807, 2.05) is 0 Å². The zero-order valence-corrected chi connectivity index (χ0v) is 26.9. The molecule has 0 aromatic carbocycles. The number of imide groups is 1. The van der Waals surface area contributed by atoms with Gasteiger partial charge in [-0.05, 0) is 38.5 Å². The summed E-state index contributed by atoms with van der Waals surface area (Å²) in [6.45, 7) is 4.03. The first-order valence-electron chi connectivity index (χ1n) is 15.2. The lowest BCUT2D eigenvalue weighted by atomic mass is 10.1. The number of nitrogens with one attached hydrogen (secondary N) is 4. The highest BCUT2D eigenvalue weighted by Crippen LogP contribution is 2.25. The van der Waals surface area contributed by atoms with Crippen molar-refractivity contribution in [3.63, 3.8) is 0 Å². The molecule has 17 heteroatoms. The van der Waals surface area contributed by atoms with Gasteiger partial charge in [-0.15, -0.1) is 11.8 Å². The molecule has 0 bridgehead atoms. The van der Waals surface area contributed by atoms with E-state index in [1.54, 1.807) is 13.8 Å². The molecule has 0 saturated carbocycles. The minimum Gasteiger partial charge on any atom is -0.368 e. The quantitative estimate of drug-likeness (QED) is 0.0465. The number of primary amides is 2. The predicted octanol–water partition coefficient (Wildman–Crippen LogP) is -2.10. The Balaban J connectivity index is 2.44. The van der Waals surface area contributed by atoms with Crippen LogP contribution in [-0.4, -0.2) is 101 Å². The van der Waals surface area contributed by atoms with Crippen molar-refractivity contribution in [2.75, 3.05) is 25.4 Å². The fourth-order valence-corrected chi connectivity index (χ4v) is 5.41. The molecule has 4 atom stereocenters. The highest BCUT2D eigenvalue weighted by atomic mass is 32.2. The van der Waals surface area contributed by atoms with Crippen molar-refractivity contribution in [2.45, 2.75) is 101 Å². The lowest BCUT2D eigenvalue weighted by Gasteiger charge is -2.22. The normalized spacial score (nSPS) is 16.4. The van der Waals surface area contributed by atoms with E-state index in [-0.39, 0.29) is 62.2 Å². The molecule has 4 unspecified atom stereocenters. The second kappa shape index (κ2) is 21.1. The average Bonchev–Trinajstić information content (AvgIpc) is 3.27. The second-order valence-corrected chi connectivity index (χ2v) is 11.9. The Kier molecular flexibility index (Phi) is 18.4. The number of carbonyl (C=O) groups excluding carboxylic acids is 8. The molecule has 1 heterocycles. The number of hydrogen-bond acceptors (Lipinski definition) is 10. The topological polar surface area (TPSA) is 266 Å². The zero-order valence-electron chi connectivity index (χ0n) is 26.1. The number of carbonyl (C=O) groups is 8. The molecular formula is C28H48N8O8S. The first-order valence-corrected chi connectivity index (χ1v) is 16.3. The van der Waals surface area contributed by atoms with Crippen LogP contribution >= 0.6 is 11.8 Å². The van der Waals surface area contributed by atoms with Gasteiger partial charge in [0.1, 0.15) is 12.1 Å². The molecule has 10 N–H and O–H groups in total. The van der Waals surface area contributed by atoms with Gasteiger partial charge < -0.3 is 38.5 Å². The minimum absolute atomic E-state index is 0.0431. The predicted molar refractivity (Wildman–Crippen MR) is 167 cm³/mol. The third kappa shape index (κ3) is 15.2. The Morgan fingerprint density at radius 2 is 1.40 bits per heavy atom. The van der Waals surface area contributed by atoms with Crippen molar-refractivity contribution >= 4 is 59.0 Å². The van der Waals surface area contributed by atoms with Crippen molar-refractivity contribution in [1.29, 1.82) is 0 Å². The molecule has 45 heavy (non-hydrogen) atoms. The SMILES string of the molecule is CCC(=O)NCCCCC(NC(=O)CC)C(=O)NC(CCCCNC(=O)CCN1C(=O)CC(SCC(N)C(N)=O)C1=O)C(N)=O. The number of unbranched alkanes of at least 4 members (excludes halogenated alkanes) is 2. The maximum absolute atomic E-state index is 12.9. The lowest BCUT2D eigenvalue weighted by molar-refractivity contribution is -0.138. The summed E-state index contributed by atoms with van der Waals surface area (Å²) in [6.07, 6.45) is 3.01. The van der Waals surface area contributed by atoms with Crippen LogP contribution in [0.3, 0.4) is 0 Å². The molecule has 0 aromatic rings. The van der Waals surface area contributed by atoms with E-state index in [0.717, 1.165) is 16.7 Å². The maximum Gasteiger partial charge on any atom is 0.243 e. The van der Waals surface area contributed by atoms with E-state index in [1.165, 1.54) is 0 Å². The van der Waals surface area contributed by atoms with E-state index in [9.17, 15) is 38.4 Å². The Morgan fingerprint density at radius 3 is 1.96 bits per heavy atom. The number of thioether (sulfide) groups is 1. The van der Waals surface area contributed by atoms with Crippen LogP contribution in [0.25, 0.3) is 0 Å². The highest BCUT2D eigenvalue weighted by Gasteiger charge is 2.39. The maximum atomic E-state index is 12.9. The fraction of sp³-hybridized carbons (Fsp3) is 0.714. The molecule has 1 fully saturated rings. The summed E-state index contributed by atoms with van der Waals surface area (Å²) in [5.41, 5.74) is 16.2. The number of amides is 8. The van der Waals surface area contributed by atoms with E-state index in [4.69, 9.17) is 17.2 Å². The van der Waals surface area contributed by atoms with Gasteiger partial charge in [0.25, 0.3) is 0 Å². The molecule has 1 aliphatic heterocycles. The van der Waals surface area contributed by atoms with Crippen LogP contribution in [0.4, 0.5) is 0 Å². The van der Waals surface area contributed by atoms with Gasteiger partial charge in [0.2, 0.25) is 47.3 Å². The van der Waals surface area contributed by atoms with Gasteiger partial charge in [0, 0.05) is 51.1 Å². The number of rotatable bonds is 23. The first kappa shape index (κ1) is 39.3. The largest absolute Gasteiger partial charge is 0.368 e. The van der Waals surface area contributed by atoms with Gasteiger partial charge in [-0.1, -0.05) is 13.8 Å². The van der Waals surface area contributed by atoms with E-state index in [0.29, 0.717) is 45.1 Å². The van der Waals surface area contributed by atoms with Gasteiger partial charge in [-0.25, -0.2) is 0 Å². The molecule has 16 nitrogen and oxygen atoms in total. The van der Waals surface area contributed by atoms with Crippen LogP contribution in [0.15, 0.2) is 0 Å². The molecule has 1 saturated heterocycles. The smallest absolute Gasteiger partial charge is 0.243 e. The van der Waals surface area contributed by atoms with E-state index in [2.05, 4.69) is 21.3 Å². The summed E-state index contributed by atoms with van der Waals surface area (Å²) in [5.74, 6) is -3.47. The molecule has 0 radical (unpaired) electrons. The van der Waals surface area contributed by atoms with Crippen LogP contribution in [0.2, 0.25) is 0 Å². The highest BCUT2D eigenvalue weighted by molar-refractivity contribution is 8.00. The summed E-state index contributed by atoms with van der Waals surface area (Å²) in [4.78, 5) is 97.4. The van der Waals surface area contributed by atoms with Crippen LogP contribution in [-0.2, 0) is 38.4 Å². The summed E-state index contributed by atoms with van der Waals surface area (Å²) in [5, 5.41) is 10.0. The van der Waals surface area contributed by atoms with E-state index < -0.39 is 52.9 Å². The standard InChI is InChI=1S/C28H48N8O8S/c1-3-21(37)32-12-8-6-10-19(34-22(38)4-2)27(43)35-18(26(31)42)9-5-7-13-33-23(39)11-14-36-24(40)15-20(28(36)44)45-16-17(29)25(30)41/h17-20H,3-16,29H2,1-2H3,(H2,30,41)(H2,31,42)(H,32,37)(H,33,39)(H,34,38)(H,35,43). The van der Waals surface area contributed by atoms with Crippen molar-refractivity contribution in [3.05, 3.63) is 0 Å². The van der Waals surface area contributed by atoms with Crippen LogP contribution in [0, 0.1) is 0 Å². The van der Waals surface area contributed by atoms with Crippen molar-refractivity contribution in [1.82, 2.24) is 26.2 Å². The molecule has 1 aliphatic rings. The van der Waals surface area contributed by atoms with Gasteiger partial charge in [-0.3, -0.25) is 43.3 Å². The zero-order chi connectivity index (χ0) is 33.9. The monoisotopic (exact) mass is 656 g/mol. The Hall–Kier alpha value is -3.73. The molecule has 0 aliphatic carbocycles. The fourth-order valence-electron chi connectivity index (χ4n) is 4.27. The molecule has 8 amide bonds. The van der Waals surface area contributed by atoms with Gasteiger partial charge in [0.05, 0.1) is 11.3 Å². The summed E-state index contributed by atoms with van der Waals surface area (Å²) in [7, 11) is 0. The summed E-state index contributed by atoms with van der Waals surface area (Å²) < 4.78 is 0. The first-order chi connectivity index (χ1) is 21.3. The number of hydrogen-bond donors (Lipinski definition) is 7. The number of nitrogens with two attached hydrogens (primary N) is 3. The second-order valence-electron chi connectivity index (χ2n) is 10.7.